The molecule has 2 fully saturated rings. The summed E-state index contributed by atoms with van der Waals surface area (Å²) < 4.78 is 0. The summed E-state index contributed by atoms with van der Waals surface area (Å²) in [6.07, 6.45) is 8.43. The molecule has 2 aliphatic rings. The Balaban J connectivity index is 1.75. The number of piperidine rings is 1. The summed E-state index contributed by atoms with van der Waals surface area (Å²) in [5.74, 6) is 0. The van der Waals surface area contributed by atoms with Crippen molar-refractivity contribution in [1.29, 1.82) is 0 Å². The van der Waals surface area contributed by atoms with Crippen LogP contribution in [-0.2, 0) is 0 Å². The van der Waals surface area contributed by atoms with Gasteiger partial charge in [-0.05, 0) is 57.7 Å². The Bertz CT molecular complexity index is 418. The van der Waals surface area contributed by atoms with Crippen molar-refractivity contribution in [3.8, 4) is 0 Å². The zero-order chi connectivity index (χ0) is 13.2. The van der Waals surface area contributed by atoms with Crippen LogP contribution in [0.5, 0.6) is 0 Å². The number of nitrogens with zero attached hydrogens (tertiary/aromatic N) is 2. The lowest BCUT2D eigenvalue weighted by molar-refractivity contribution is 0.356. The molecule has 0 amide bonds. The minimum absolute atomic E-state index is 0.719. The molecule has 104 valence electrons. The van der Waals surface area contributed by atoms with Gasteiger partial charge in [0.2, 0.25) is 0 Å². The highest BCUT2D eigenvalue weighted by atomic mass is 15.2. The molecule has 2 aliphatic heterocycles. The van der Waals surface area contributed by atoms with Gasteiger partial charge in [0.15, 0.2) is 0 Å². The van der Waals surface area contributed by atoms with Crippen molar-refractivity contribution >= 4 is 5.69 Å². The molecule has 3 rings (SSSR count). The summed E-state index contributed by atoms with van der Waals surface area (Å²) in [5.41, 5.74) is 2.54. The lowest BCUT2D eigenvalue weighted by atomic mass is 9.96. The molecular formula is C16H25N3. The molecule has 0 aliphatic carbocycles. The second-order valence-electron chi connectivity index (χ2n) is 6.02. The monoisotopic (exact) mass is 259 g/mol. The molecule has 2 saturated heterocycles. The molecule has 0 saturated carbocycles. The van der Waals surface area contributed by atoms with Gasteiger partial charge in [0.1, 0.15) is 0 Å². The largest absolute Gasteiger partial charge is 0.364 e. The second-order valence-corrected chi connectivity index (χ2v) is 6.02. The van der Waals surface area contributed by atoms with E-state index in [-0.39, 0.29) is 0 Å². The van der Waals surface area contributed by atoms with Crippen LogP contribution in [0, 0.1) is 6.92 Å². The first-order valence-electron chi connectivity index (χ1n) is 7.73. The van der Waals surface area contributed by atoms with Crippen molar-refractivity contribution in [2.24, 2.45) is 0 Å². The molecule has 3 nitrogen and oxygen atoms in total. The van der Waals surface area contributed by atoms with Crippen molar-refractivity contribution in [3.63, 3.8) is 0 Å². The first kappa shape index (κ1) is 12.9. The van der Waals surface area contributed by atoms with Gasteiger partial charge in [0, 0.05) is 24.3 Å². The third-order valence-electron chi connectivity index (χ3n) is 4.67. The number of hydrogen-bond acceptors (Lipinski definition) is 3. The molecule has 2 bridgehead atoms. The molecule has 19 heavy (non-hydrogen) atoms. The van der Waals surface area contributed by atoms with E-state index in [4.69, 9.17) is 0 Å². The van der Waals surface area contributed by atoms with E-state index < -0.39 is 0 Å². The summed E-state index contributed by atoms with van der Waals surface area (Å²) in [7, 11) is 0. The van der Waals surface area contributed by atoms with E-state index in [1.54, 1.807) is 0 Å². The molecule has 0 aromatic carbocycles. The summed E-state index contributed by atoms with van der Waals surface area (Å²) in [4.78, 5) is 7.12. The van der Waals surface area contributed by atoms with Crippen LogP contribution in [0.3, 0.4) is 0 Å². The first-order valence-corrected chi connectivity index (χ1v) is 7.73. The quantitative estimate of drug-likeness (QED) is 0.901. The normalized spacial score (nSPS) is 29.8. The van der Waals surface area contributed by atoms with Gasteiger partial charge in [0.25, 0.3) is 0 Å². The third kappa shape index (κ3) is 2.48. The lowest BCUT2D eigenvalue weighted by Crippen LogP contribution is -2.49. The highest BCUT2D eigenvalue weighted by Crippen LogP contribution is 2.40. The number of aryl methyl sites for hydroxylation is 1. The zero-order valence-corrected chi connectivity index (χ0v) is 12.1. The molecule has 3 heterocycles. The van der Waals surface area contributed by atoms with Gasteiger partial charge in [-0.2, -0.15) is 0 Å². The van der Waals surface area contributed by atoms with Crippen LogP contribution < -0.4 is 10.2 Å². The molecule has 1 aromatic rings. The Morgan fingerprint density at radius 2 is 2.05 bits per heavy atom. The van der Waals surface area contributed by atoms with Crippen molar-refractivity contribution in [2.75, 3.05) is 11.4 Å². The molecule has 0 spiro atoms. The second kappa shape index (κ2) is 5.49. The van der Waals surface area contributed by atoms with E-state index in [1.165, 1.54) is 43.5 Å². The predicted octanol–water partition coefficient (Wildman–Crippen LogP) is 2.89. The van der Waals surface area contributed by atoms with E-state index in [2.05, 4.69) is 41.2 Å². The maximum Gasteiger partial charge on any atom is 0.0605 e. The molecule has 2 atom stereocenters. The Morgan fingerprint density at radius 3 is 2.68 bits per heavy atom. The van der Waals surface area contributed by atoms with Gasteiger partial charge in [-0.15, -0.1) is 0 Å². The Morgan fingerprint density at radius 1 is 1.32 bits per heavy atom. The topological polar surface area (TPSA) is 28.2 Å². The molecular weight excluding hydrogens is 234 g/mol. The summed E-state index contributed by atoms with van der Waals surface area (Å²) in [6, 6.07) is 6.48. The van der Waals surface area contributed by atoms with Crippen LogP contribution in [-0.4, -0.2) is 29.7 Å². The summed E-state index contributed by atoms with van der Waals surface area (Å²) >= 11 is 0. The van der Waals surface area contributed by atoms with Crippen LogP contribution in [0.2, 0.25) is 0 Å². The minimum atomic E-state index is 0.719. The van der Waals surface area contributed by atoms with E-state index in [1.807, 2.05) is 6.20 Å². The van der Waals surface area contributed by atoms with Gasteiger partial charge in [-0.3, -0.25) is 4.98 Å². The Hall–Kier alpha value is -1.09. The van der Waals surface area contributed by atoms with Crippen molar-refractivity contribution in [3.05, 3.63) is 24.0 Å². The molecule has 1 N–H and O–H groups in total. The Labute approximate surface area is 116 Å². The number of nitrogens with one attached hydrogen (secondary N) is 1. The maximum atomic E-state index is 4.46. The van der Waals surface area contributed by atoms with E-state index in [0.29, 0.717) is 0 Å². The number of fused-ring (bicyclic) bond motifs is 2. The van der Waals surface area contributed by atoms with Crippen molar-refractivity contribution in [1.82, 2.24) is 10.3 Å². The Kier molecular flexibility index (Phi) is 3.74. The number of pyridine rings is 1. The van der Waals surface area contributed by atoms with Crippen LogP contribution >= 0.6 is 0 Å². The van der Waals surface area contributed by atoms with Crippen LogP contribution in [0.15, 0.2) is 18.3 Å². The predicted molar refractivity (Wildman–Crippen MR) is 79.6 cm³/mol. The number of anilines is 1. The fourth-order valence-corrected chi connectivity index (χ4v) is 3.83. The van der Waals surface area contributed by atoms with Gasteiger partial charge in [-0.1, -0.05) is 6.92 Å². The van der Waals surface area contributed by atoms with Gasteiger partial charge in [0.05, 0.1) is 11.4 Å². The fraction of sp³-hybridized carbons (Fsp3) is 0.688. The van der Waals surface area contributed by atoms with E-state index in [0.717, 1.165) is 24.7 Å². The SMILES string of the molecule is CCCNC1CC2CCC(C1)N2c1cccnc1C. The van der Waals surface area contributed by atoms with Gasteiger partial charge >= 0.3 is 0 Å². The standard InChI is InChI=1S/C16H25N3/c1-3-8-18-13-10-14-6-7-15(11-13)19(14)16-5-4-9-17-12(16)2/h4-5,9,13-15,18H,3,6-8,10-11H2,1-2H3. The first-order chi connectivity index (χ1) is 9.29. The highest BCUT2D eigenvalue weighted by Gasteiger charge is 2.40. The number of hydrogen-bond donors (Lipinski definition) is 1. The summed E-state index contributed by atoms with van der Waals surface area (Å²) in [5, 5.41) is 3.72. The van der Waals surface area contributed by atoms with Crippen molar-refractivity contribution in [2.45, 2.75) is 64.1 Å². The van der Waals surface area contributed by atoms with Crippen LogP contribution in [0.25, 0.3) is 0 Å². The average Bonchev–Trinajstić information content (AvgIpc) is 2.68. The minimum Gasteiger partial charge on any atom is -0.364 e. The zero-order valence-electron chi connectivity index (χ0n) is 12.1. The number of rotatable bonds is 4. The highest BCUT2D eigenvalue weighted by molar-refractivity contribution is 5.53. The lowest BCUT2D eigenvalue weighted by Gasteiger charge is -2.41. The average molecular weight is 259 g/mol. The van der Waals surface area contributed by atoms with E-state index in [9.17, 15) is 0 Å². The maximum absolute atomic E-state index is 4.46. The third-order valence-corrected chi connectivity index (χ3v) is 4.67. The smallest absolute Gasteiger partial charge is 0.0605 e. The number of aromatic nitrogens is 1. The van der Waals surface area contributed by atoms with Gasteiger partial charge < -0.3 is 10.2 Å². The molecule has 0 radical (unpaired) electrons. The fourth-order valence-electron chi connectivity index (χ4n) is 3.83. The van der Waals surface area contributed by atoms with Crippen molar-refractivity contribution < 1.29 is 0 Å². The molecule has 1 aromatic heterocycles. The molecule has 3 heteroatoms. The van der Waals surface area contributed by atoms with Crippen LogP contribution in [0.4, 0.5) is 5.69 Å². The van der Waals surface area contributed by atoms with E-state index >= 15 is 0 Å². The summed E-state index contributed by atoms with van der Waals surface area (Å²) in [6.45, 7) is 5.54. The van der Waals surface area contributed by atoms with Crippen LogP contribution in [0.1, 0.15) is 44.7 Å². The van der Waals surface area contributed by atoms with Gasteiger partial charge in [-0.25, -0.2) is 0 Å². The molecule has 2 unspecified atom stereocenters.